The van der Waals surface area contributed by atoms with E-state index in [4.69, 9.17) is 9.84 Å². The molecule has 4 nitrogen and oxygen atoms in total. The number of carboxylic acids is 1. The van der Waals surface area contributed by atoms with E-state index in [0.29, 0.717) is 12.5 Å². The Balaban J connectivity index is 2.08. The van der Waals surface area contributed by atoms with Crippen LogP contribution in [0.15, 0.2) is 30.3 Å². The van der Waals surface area contributed by atoms with Crippen LogP contribution in [0.1, 0.15) is 49.5 Å². The van der Waals surface area contributed by atoms with Crippen LogP contribution in [-0.2, 0) is 0 Å². The van der Waals surface area contributed by atoms with Gasteiger partial charge in [-0.1, -0.05) is 50.8 Å². The predicted molar refractivity (Wildman–Crippen MR) is 83.0 cm³/mol. The van der Waals surface area contributed by atoms with Crippen LogP contribution in [0.2, 0.25) is 0 Å². The number of fused-ring (bicyclic) bond motifs is 1. The zero-order chi connectivity index (χ0) is 15.1. The Morgan fingerprint density at radius 1 is 1.19 bits per heavy atom. The van der Waals surface area contributed by atoms with Crippen LogP contribution < -0.4 is 4.74 Å². The van der Waals surface area contributed by atoms with Gasteiger partial charge in [-0.15, -0.1) is 0 Å². The van der Waals surface area contributed by atoms with Gasteiger partial charge in [0.05, 0.1) is 6.61 Å². The van der Waals surface area contributed by atoms with E-state index in [2.05, 4.69) is 11.9 Å². The molecule has 0 atom stereocenters. The summed E-state index contributed by atoms with van der Waals surface area (Å²) in [4.78, 5) is 15.2. The Kier molecular flexibility index (Phi) is 5.55. The standard InChI is InChI=1S/C17H21NO3/c1-2-3-4-5-8-11-21-16-14-10-7-6-9-13(14)12-15(18-16)17(19)20/h6-7,9-10,12H,2-5,8,11H2,1H3,(H,19,20). The number of nitrogens with zero attached hydrogens (tertiary/aromatic N) is 1. The lowest BCUT2D eigenvalue weighted by Gasteiger charge is -2.09. The number of aromatic nitrogens is 1. The number of unbranched alkanes of at least 4 members (excludes halogenated alkanes) is 4. The van der Waals surface area contributed by atoms with E-state index < -0.39 is 5.97 Å². The van der Waals surface area contributed by atoms with E-state index in [-0.39, 0.29) is 5.69 Å². The lowest BCUT2D eigenvalue weighted by Crippen LogP contribution is -2.05. The quantitative estimate of drug-likeness (QED) is 0.736. The highest BCUT2D eigenvalue weighted by atomic mass is 16.5. The van der Waals surface area contributed by atoms with E-state index in [0.717, 1.165) is 23.6 Å². The van der Waals surface area contributed by atoms with Gasteiger partial charge in [-0.2, -0.15) is 0 Å². The number of hydrogen-bond acceptors (Lipinski definition) is 3. The molecule has 112 valence electrons. The molecule has 0 bridgehead atoms. The third-order valence-corrected chi connectivity index (χ3v) is 3.41. The molecule has 1 aromatic heterocycles. The number of carboxylic acid groups (broad SMARTS) is 1. The van der Waals surface area contributed by atoms with Gasteiger partial charge in [-0.3, -0.25) is 0 Å². The summed E-state index contributed by atoms with van der Waals surface area (Å²) < 4.78 is 5.72. The predicted octanol–water partition coefficient (Wildman–Crippen LogP) is 4.28. The summed E-state index contributed by atoms with van der Waals surface area (Å²) in [6.07, 6.45) is 5.77. The third kappa shape index (κ3) is 4.18. The lowest BCUT2D eigenvalue weighted by molar-refractivity contribution is 0.0689. The van der Waals surface area contributed by atoms with Crippen LogP contribution in [0, 0.1) is 0 Å². The van der Waals surface area contributed by atoms with E-state index in [9.17, 15) is 4.79 Å². The second-order valence-electron chi connectivity index (χ2n) is 5.10. The maximum Gasteiger partial charge on any atom is 0.354 e. The summed E-state index contributed by atoms with van der Waals surface area (Å²) in [6.45, 7) is 2.76. The van der Waals surface area contributed by atoms with Gasteiger partial charge < -0.3 is 9.84 Å². The number of ether oxygens (including phenoxy) is 1. The highest BCUT2D eigenvalue weighted by Crippen LogP contribution is 2.24. The summed E-state index contributed by atoms with van der Waals surface area (Å²) in [5, 5.41) is 10.8. The van der Waals surface area contributed by atoms with Gasteiger partial charge in [-0.05, 0) is 23.9 Å². The van der Waals surface area contributed by atoms with E-state index in [1.165, 1.54) is 19.3 Å². The van der Waals surface area contributed by atoms with Gasteiger partial charge in [0.1, 0.15) is 0 Å². The highest BCUT2D eigenvalue weighted by molar-refractivity contribution is 5.94. The number of hydrogen-bond donors (Lipinski definition) is 1. The topological polar surface area (TPSA) is 59.4 Å². The van der Waals surface area contributed by atoms with Crippen LogP contribution >= 0.6 is 0 Å². The number of rotatable bonds is 8. The van der Waals surface area contributed by atoms with E-state index in [1.54, 1.807) is 6.07 Å². The summed E-state index contributed by atoms with van der Waals surface area (Å²) in [5.41, 5.74) is 0.0229. The van der Waals surface area contributed by atoms with Crippen molar-refractivity contribution in [3.63, 3.8) is 0 Å². The van der Waals surface area contributed by atoms with Crippen molar-refractivity contribution < 1.29 is 14.6 Å². The van der Waals surface area contributed by atoms with Crippen molar-refractivity contribution in [2.75, 3.05) is 6.61 Å². The molecule has 0 aliphatic carbocycles. The number of benzene rings is 1. The first-order valence-corrected chi connectivity index (χ1v) is 7.48. The molecular formula is C17H21NO3. The van der Waals surface area contributed by atoms with Crippen LogP contribution in [0.25, 0.3) is 10.8 Å². The molecule has 0 saturated heterocycles. The fourth-order valence-electron chi connectivity index (χ4n) is 2.26. The molecule has 0 spiro atoms. The Morgan fingerprint density at radius 2 is 1.95 bits per heavy atom. The van der Waals surface area contributed by atoms with Gasteiger partial charge in [-0.25, -0.2) is 9.78 Å². The van der Waals surface area contributed by atoms with Crippen molar-refractivity contribution in [1.29, 1.82) is 0 Å². The number of aromatic carboxylic acids is 1. The fraction of sp³-hybridized carbons (Fsp3) is 0.412. The highest BCUT2D eigenvalue weighted by Gasteiger charge is 2.11. The molecule has 0 saturated carbocycles. The summed E-state index contributed by atoms with van der Waals surface area (Å²) >= 11 is 0. The second kappa shape index (κ2) is 7.62. The minimum absolute atomic E-state index is 0.0229. The maximum absolute atomic E-state index is 11.1. The minimum atomic E-state index is -1.03. The van der Waals surface area contributed by atoms with Gasteiger partial charge in [0.2, 0.25) is 5.88 Å². The normalized spacial score (nSPS) is 10.7. The Bertz CT molecular complexity index is 610. The SMILES string of the molecule is CCCCCCCOc1nc(C(=O)O)cc2ccccc12. The number of pyridine rings is 1. The molecule has 0 aliphatic rings. The monoisotopic (exact) mass is 287 g/mol. The fourth-order valence-corrected chi connectivity index (χ4v) is 2.26. The first kappa shape index (κ1) is 15.3. The first-order chi connectivity index (χ1) is 10.2. The number of carbonyl (C=O) groups is 1. The molecule has 0 aliphatic heterocycles. The summed E-state index contributed by atoms with van der Waals surface area (Å²) in [7, 11) is 0. The maximum atomic E-state index is 11.1. The van der Waals surface area contributed by atoms with Gasteiger partial charge >= 0.3 is 5.97 Å². The van der Waals surface area contributed by atoms with Crippen LogP contribution in [0.3, 0.4) is 0 Å². The molecule has 1 aromatic carbocycles. The largest absolute Gasteiger partial charge is 0.477 e. The summed E-state index contributed by atoms with van der Waals surface area (Å²) in [5.74, 6) is -0.616. The second-order valence-corrected chi connectivity index (χ2v) is 5.10. The smallest absolute Gasteiger partial charge is 0.354 e. The van der Waals surface area contributed by atoms with E-state index in [1.807, 2.05) is 24.3 Å². The van der Waals surface area contributed by atoms with Crippen molar-refractivity contribution in [1.82, 2.24) is 4.98 Å². The Hall–Kier alpha value is -2.10. The van der Waals surface area contributed by atoms with Crippen molar-refractivity contribution >= 4 is 16.7 Å². The van der Waals surface area contributed by atoms with Crippen molar-refractivity contribution in [3.8, 4) is 5.88 Å². The van der Waals surface area contributed by atoms with Crippen molar-refractivity contribution in [2.24, 2.45) is 0 Å². The van der Waals surface area contributed by atoms with Crippen LogP contribution in [-0.4, -0.2) is 22.7 Å². The molecule has 21 heavy (non-hydrogen) atoms. The molecular weight excluding hydrogens is 266 g/mol. The minimum Gasteiger partial charge on any atom is -0.477 e. The zero-order valence-corrected chi connectivity index (χ0v) is 12.3. The molecule has 0 fully saturated rings. The van der Waals surface area contributed by atoms with Gasteiger partial charge in [0, 0.05) is 5.39 Å². The molecule has 2 aromatic rings. The van der Waals surface area contributed by atoms with Crippen molar-refractivity contribution in [2.45, 2.75) is 39.0 Å². The average molecular weight is 287 g/mol. The molecule has 0 radical (unpaired) electrons. The average Bonchev–Trinajstić information content (AvgIpc) is 2.50. The van der Waals surface area contributed by atoms with Crippen LogP contribution in [0.4, 0.5) is 0 Å². The molecule has 1 N–H and O–H groups in total. The lowest BCUT2D eigenvalue weighted by atomic mass is 10.1. The molecule has 0 amide bonds. The summed E-state index contributed by atoms with van der Waals surface area (Å²) in [6, 6.07) is 9.13. The molecule has 0 unspecified atom stereocenters. The van der Waals surface area contributed by atoms with Gasteiger partial charge in [0.15, 0.2) is 5.69 Å². The zero-order valence-electron chi connectivity index (χ0n) is 12.3. The Morgan fingerprint density at radius 3 is 2.71 bits per heavy atom. The molecule has 2 rings (SSSR count). The molecule has 4 heteroatoms. The van der Waals surface area contributed by atoms with E-state index >= 15 is 0 Å². The Labute approximate surface area is 124 Å². The molecule has 1 heterocycles. The third-order valence-electron chi connectivity index (χ3n) is 3.41. The van der Waals surface area contributed by atoms with Crippen LogP contribution in [0.5, 0.6) is 5.88 Å². The van der Waals surface area contributed by atoms with Crippen molar-refractivity contribution in [3.05, 3.63) is 36.0 Å². The first-order valence-electron chi connectivity index (χ1n) is 7.48. The van der Waals surface area contributed by atoms with Gasteiger partial charge in [0.25, 0.3) is 0 Å².